The van der Waals surface area contributed by atoms with Gasteiger partial charge in [0.25, 0.3) is 0 Å². The SMILES string of the molecule is CC(C)N1CCN(CCCOc2ccc3nc(C#N)nc(NCC(C)(C)C)c3c2)CC1. The summed E-state index contributed by atoms with van der Waals surface area (Å²) in [4.78, 5) is 13.8. The van der Waals surface area contributed by atoms with Crippen LogP contribution in [0.25, 0.3) is 10.9 Å². The molecule has 1 aromatic heterocycles. The van der Waals surface area contributed by atoms with Crippen LogP contribution >= 0.6 is 0 Å². The fraction of sp³-hybridized carbons (Fsp3) is 0.625. The second-order valence-electron chi connectivity index (χ2n) is 9.77. The Hall–Kier alpha value is -2.43. The summed E-state index contributed by atoms with van der Waals surface area (Å²) in [5.74, 6) is 1.67. The van der Waals surface area contributed by atoms with E-state index in [9.17, 15) is 5.26 Å². The lowest BCUT2D eigenvalue weighted by Crippen LogP contribution is -2.49. The zero-order chi connectivity index (χ0) is 22.4. The van der Waals surface area contributed by atoms with Crippen molar-refractivity contribution in [3.05, 3.63) is 24.0 Å². The molecular formula is C24H36N6O. The average Bonchev–Trinajstić information content (AvgIpc) is 2.74. The molecule has 168 valence electrons. The molecule has 7 nitrogen and oxygen atoms in total. The predicted molar refractivity (Wildman–Crippen MR) is 125 cm³/mol. The minimum Gasteiger partial charge on any atom is -0.494 e. The first-order valence-corrected chi connectivity index (χ1v) is 11.3. The minimum absolute atomic E-state index is 0.0961. The van der Waals surface area contributed by atoms with E-state index >= 15 is 0 Å². The van der Waals surface area contributed by atoms with E-state index in [1.165, 1.54) is 0 Å². The topological polar surface area (TPSA) is 77.3 Å². The Morgan fingerprint density at radius 1 is 1.16 bits per heavy atom. The Morgan fingerprint density at radius 3 is 2.55 bits per heavy atom. The van der Waals surface area contributed by atoms with Crippen molar-refractivity contribution in [1.29, 1.82) is 5.26 Å². The van der Waals surface area contributed by atoms with Gasteiger partial charge < -0.3 is 15.0 Å². The van der Waals surface area contributed by atoms with Crippen LogP contribution in [0.2, 0.25) is 0 Å². The van der Waals surface area contributed by atoms with Gasteiger partial charge in [0.05, 0.1) is 12.1 Å². The lowest BCUT2D eigenvalue weighted by molar-refractivity contribution is 0.104. The summed E-state index contributed by atoms with van der Waals surface area (Å²) in [5.41, 5.74) is 0.845. The molecule has 0 amide bonds. The van der Waals surface area contributed by atoms with Gasteiger partial charge in [-0.25, -0.2) is 9.97 Å². The molecule has 0 radical (unpaired) electrons. The van der Waals surface area contributed by atoms with Crippen LogP contribution in [0.4, 0.5) is 5.82 Å². The number of aromatic nitrogens is 2. The van der Waals surface area contributed by atoms with Gasteiger partial charge in [0.15, 0.2) is 0 Å². The molecule has 1 aliphatic rings. The minimum atomic E-state index is 0.0961. The number of hydrogen-bond acceptors (Lipinski definition) is 7. The van der Waals surface area contributed by atoms with E-state index in [2.05, 4.69) is 65.8 Å². The summed E-state index contributed by atoms with van der Waals surface area (Å²) in [6.07, 6.45) is 0.999. The van der Waals surface area contributed by atoms with Gasteiger partial charge in [-0.1, -0.05) is 20.8 Å². The first kappa shape index (κ1) is 23.2. The Labute approximate surface area is 186 Å². The number of nitrogens with zero attached hydrogens (tertiary/aromatic N) is 5. The third-order valence-electron chi connectivity index (χ3n) is 5.58. The maximum Gasteiger partial charge on any atom is 0.234 e. The highest BCUT2D eigenvalue weighted by Gasteiger charge is 2.18. The van der Waals surface area contributed by atoms with Crippen molar-refractivity contribution < 1.29 is 4.74 Å². The van der Waals surface area contributed by atoms with Gasteiger partial charge in [-0.3, -0.25) is 4.90 Å². The van der Waals surface area contributed by atoms with Crippen molar-refractivity contribution in [2.24, 2.45) is 5.41 Å². The molecule has 0 saturated carbocycles. The highest BCUT2D eigenvalue weighted by atomic mass is 16.5. The van der Waals surface area contributed by atoms with Crippen molar-refractivity contribution in [2.75, 3.05) is 51.2 Å². The fourth-order valence-electron chi connectivity index (χ4n) is 3.71. The number of rotatable bonds is 8. The number of fused-ring (bicyclic) bond motifs is 1. The van der Waals surface area contributed by atoms with Crippen LogP contribution in [0.3, 0.4) is 0 Å². The molecule has 1 N–H and O–H groups in total. The normalized spacial score (nSPS) is 15.9. The highest BCUT2D eigenvalue weighted by molar-refractivity contribution is 5.90. The van der Waals surface area contributed by atoms with Gasteiger partial charge in [-0.2, -0.15) is 5.26 Å². The number of nitrogens with one attached hydrogen (secondary N) is 1. The molecule has 0 spiro atoms. The van der Waals surface area contributed by atoms with Crippen molar-refractivity contribution in [1.82, 2.24) is 19.8 Å². The lowest BCUT2D eigenvalue weighted by atomic mass is 9.97. The molecule has 31 heavy (non-hydrogen) atoms. The zero-order valence-corrected chi connectivity index (χ0v) is 19.6. The van der Waals surface area contributed by atoms with Crippen LogP contribution in [0.15, 0.2) is 18.2 Å². The van der Waals surface area contributed by atoms with E-state index in [1.807, 2.05) is 18.2 Å². The molecule has 2 heterocycles. The maximum absolute atomic E-state index is 9.26. The van der Waals surface area contributed by atoms with Crippen LogP contribution in [-0.4, -0.2) is 71.7 Å². The fourth-order valence-corrected chi connectivity index (χ4v) is 3.71. The second-order valence-corrected chi connectivity index (χ2v) is 9.77. The Bertz CT molecular complexity index is 907. The monoisotopic (exact) mass is 424 g/mol. The summed E-state index contributed by atoms with van der Waals surface area (Å²) < 4.78 is 6.04. The van der Waals surface area contributed by atoms with E-state index < -0.39 is 0 Å². The lowest BCUT2D eigenvalue weighted by Gasteiger charge is -2.36. The molecule has 0 unspecified atom stereocenters. The van der Waals surface area contributed by atoms with E-state index in [1.54, 1.807) is 0 Å². The smallest absolute Gasteiger partial charge is 0.234 e. The quantitative estimate of drug-likeness (QED) is 0.647. The molecule has 2 aromatic rings. The van der Waals surface area contributed by atoms with Gasteiger partial charge in [-0.05, 0) is 43.9 Å². The molecule has 1 aliphatic heterocycles. The molecule has 1 fully saturated rings. The van der Waals surface area contributed by atoms with Crippen molar-refractivity contribution in [3.8, 4) is 11.8 Å². The molecular weight excluding hydrogens is 388 g/mol. The number of ether oxygens (including phenoxy) is 1. The molecule has 0 aliphatic carbocycles. The van der Waals surface area contributed by atoms with Gasteiger partial charge in [0.1, 0.15) is 17.6 Å². The third-order valence-corrected chi connectivity index (χ3v) is 5.58. The molecule has 3 rings (SSSR count). The van der Waals surface area contributed by atoms with Gasteiger partial charge in [0.2, 0.25) is 5.82 Å². The molecule has 7 heteroatoms. The Balaban J connectivity index is 1.58. The van der Waals surface area contributed by atoms with Crippen LogP contribution in [0.1, 0.15) is 46.9 Å². The second kappa shape index (κ2) is 10.3. The van der Waals surface area contributed by atoms with E-state index in [0.29, 0.717) is 18.5 Å². The maximum atomic E-state index is 9.26. The number of anilines is 1. The van der Waals surface area contributed by atoms with Crippen LogP contribution in [0, 0.1) is 16.7 Å². The van der Waals surface area contributed by atoms with Crippen molar-refractivity contribution >= 4 is 16.7 Å². The zero-order valence-electron chi connectivity index (χ0n) is 19.6. The predicted octanol–water partition coefficient (Wildman–Crippen LogP) is 3.75. The first-order chi connectivity index (χ1) is 14.7. The van der Waals surface area contributed by atoms with Gasteiger partial charge in [-0.15, -0.1) is 0 Å². The standard InChI is InChI=1S/C24H36N6O/c1-18(2)30-12-10-29(11-13-30)9-6-14-31-19-7-8-21-20(15-19)23(26-17-24(3,4)5)28-22(16-25)27-21/h7-8,15,18H,6,9-14,17H2,1-5H3,(H,26,27,28). The van der Waals surface area contributed by atoms with Crippen LogP contribution in [0.5, 0.6) is 5.75 Å². The highest BCUT2D eigenvalue weighted by Crippen LogP contribution is 2.26. The van der Waals surface area contributed by atoms with Gasteiger partial charge >= 0.3 is 0 Å². The van der Waals surface area contributed by atoms with E-state index in [0.717, 1.165) is 62.3 Å². The largest absolute Gasteiger partial charge is 0.494 e. The molecule has 0 atom stereocenters. The van der Waals surface area contributed by atoms with Gasteiger partial charge in [0, 0.05) is 50.7 Å². The molecule has 1 saturated heterocycles. The van der Waals surface area contributed by atoms with E-state index in [-0.39, 0.29) is 11.2 Å². The summed E-state index contributed by atoms with van der Waals surface area (Å²) in [6.45, 7) is 18.1. The van der Waals surface area contributed by atoms with Crippen molar-refractivity contribution in [2.45, 2.75) is 47.1 Å². The first-order valence-electron chi connectivity index (χ1n) is 11.3. The molecule has 0 bridgehead atoms. The average molecular weight is 425 g/mol. The summed E-state index contributed by atoms with van der Waals surface area (Å²) in [6, 6.07) is 8.49. The summed E-state index contributed by atoms with van der Waals surface area (Å²) in [5, 5.41) is 13.5. The number of hydrogen-bond donors (Lipinski definition) is 1. The number of nitriles is 1. The Kier molecular flexibility index (Phi) is 7.69. The van der Waals surface area contributed by atoms with Crippen LogP contribution < -0.4 is 10.1 Å². The third kappa shape index (κ3) is 6.78. The van der Waals surface area contributed by atoms with Crippen molar-refractivity contribution in [3.63, 3.8) is 0 Å². The van der Waals surface area contributed by atoms with Crippen LogP contribution in [-0.2, 0) is 0 Å². The number of piperazine rings is 1. The number of benzene rings is 1. The van der Waals surface area contributed by atoms with E-state index in [4.69, 9.17) is 4.74 Å². The summed E-state index contributed by atoms with van der Waals surface area (Å²) in [7, 11) is 0. The molecule has 1 aromatic carbocycles. The summed E-state index contributed by atoms with van der Waals surface area (Å²) >= 11 is 0. The Morgan fingerprint density at radius 2 is 1.90 bits per heavy atom.